The smallest absolute Gasteiger partial charge is 0.151 e. The molecule has 7 nitrogen and oxygen atoms in total. The molecule has 1 N–H and O–H groups in total. The lowest BCUT2D eigenvalue weighted by molar-refractivity contribution is 0.0985. The van der Waals surface area contributed by atoms with E-state index < -0.39 is 0 Å². The number of H-pyrrole nitrogens is 1. The monoisotopic (exact) mass is 546 g/mol. The normalized spacial score (nSPS) is 16.9. The maximum absolute atomic E-state index is 5.66. The van der Waals surface area contributed by atoms with Crippen LogP contribution in [0.1, 0.15) is 18.3 Å². The van der Waals surface area contributed by atoms with Crippen LogP contribution in [0.4, 0.5) is 5.82 Å². The van der Waals surface area contributed by atoms with E-state index in [9.17, 15) is 0 Å². The maximum atomic E-state index is 5.66. The molecule has 5 rings (SSSR count). The van der Waals surface area contributed by atoms with Crippen molar-refractivity contribution >= 4 is 47.2 Å². The average Bonchev–Trinajstić information content (AvgIpc) is 3.36. The summed E-state index contributed by atoms with van der Waals surface area (Å²) in [4.78, 5) is 12.1. The van der Waals surface area contributed by atoms with Crippen LogP contribution in [0, 0.1) is 13.8 Å². The Labute approximate surface area is 197 Å². The molecule has 1 saturated heterocycles. The number of halogens is 1. The van der Waals surface area contributed by atoms with Gasteiger partial charge >= 0.3 is 0 Å². The quantitative estimate of drug-likeness (QED) is 0.356. The van der Waals surface area contributed by atoms with Gasteiger partial charge in [0.2, 0.25) is 0 Å². The summed E-state index contributed by atoms with van der Waals surface area (Å²) in [6.45, 7) is 8.54. The van der Waals surface area contributed by atoms with Crippen LogP contribution in [0.15, 0.2) is 36.7 Å². The van der Waals surface area contributed by atoms with E-state index in [-0.39, 0.29) is 6.04 Å². The first-order valence-corrected chi connectivity index (χ1v) is 13.5. The molecule has 4 aromatic heterocycles. The van der Waals surface area contributed by atoms with Gasteiger partial charge in [-0.15, -0.1) is 0 Å². The molecule has 160 valence electrons. The second-order valence-corrected chi connectivity index (χ2v) is 9.55. The van der Waals surface area contributed by atoms with Gasteiger partial charge in [-0.2, -0.15) is 5.10 Å². The largest absolute Gasteiger partial charge is 0.377 e. The summed E-state index contributed by atoms with van der Waals surface area (Å²) < 4.78 is 7.73. The summed E-state index contributed by atoms with van der Waals surface area (Å²) in [7, 11) is 1.61. The molecule has 5 heterocycles. The third-order valence-electron chi connectivity index (χ3n) is 5.80. The highest BCUT2D eigenvalue weighted by atomic mass is 127. The SMILES string of the molecule is Cc1n[nH]c(C)c1-c1cc(-c2ccnc3c2ccn3SI)nc(N2CCOC[C@H]2C)c1. The zero-order valence-corrected chi connectivity index (χ0v) is 20.6. The lowest BCUT2D eigenvalue weighted by Crippen LogP contribution is -2.44. The zero-order chi connectivity index (χ0) is 21.5. The Morgan fingerprint density at radius 1 is 1.26 bits per heavy atom. The predicted molar refractivity (Wildman–Crippen MR) is 135 cm³/mol. The number of ether oxygens (including phenoxy) is 1. The van der Waals surface area contributed by atoms with Crippen molar-refractivity contribution in [3.05, 3.63) is 48.0 Å². The molecule has 0 unspecified atom stereocenters. The van der Waals surface area contributed by atoms with Gasteiger partial charge < -0.3 is 9.64 Å². The van der Waals surface area contributed by atoms with Gasteiger partial charge in [-0.1, -0.05) is 0 Å². The van der Waals surface area contributed by atoms with Gasteiger partial charge in [-0.05, 0) is 50.6 Å². The fraction of sp³-hybridized carbons (Fsp3) is 0.318. The van der Waals surface area contributed by atoms with Gasteiger partial charge in [0, 0.05) is 71.5 Å². The lowest BCUT2D eigenvalue weighted by atomic mass is 10.0. The molecule has 0 aliphatic carbocycles. The molecule has 1 aliphatic rings. The number of hydrogen-bond donors (Lipinski definition) is 1. The number of nitrogens with one attached hydrogen (secondary N) is 1. The zero-order valence-electron chi connectivity index (χ0n) is 17.6. The summed E-state index contributed by atoms with van der Waals surface area (Å²) in [6, 6.07) is 8.79. The summed E-state index contributed by atoms with van der Waals surface area (Å²) >= 11 is 2.28. The van der Waals surface area contributed by atoms with E-state index in [2.05, 4.69) is 89.6 Å². The first-order chi connectivity index (χ1) is 15.1. The molecule has 0 spiro atoms. The summed E-state index contributed by atoms with van der Waals surface area (Å²) in [5.74, 6) is 0.968. The Hall–Kier alpha value is -2.11. The predicted octanol–water partition coefficient (Wildman–Crippen LogP) is 5.18. The lowest BCUT2D eigenvalue weighted by Gasteiger charge is -2.34. The summed E-state index contributed by atoms with van der Waals surface area (Å²) in [5.41, 5.74) is 7.27. The van der Waals surface area contributed by atoms with Gasteiger partial charge in [0.05, 0.1) is 30.6 Å². The number of anilines is 1. The molecule has 0 amide bonds. The Morgan fingerprint density at radius 2 is 2.13 bits per heavy atom. The van der Waals surface area contributed by atoms with Crippen molar-refractivity contribution in [1.29, 1.82) is 0 Å². The molecule has 0 radical (unpaired) electrons. The van der Waals surface area contributed by atoms with Crippen LogP contribution in [0.2, 0.25) is 0 Å². The number of morpholine rings is 1. The highest BCUT2D eigenvalue weighted by Gasteiger charge is 2.23. The molecular weight excluding hydrogens is 523 g/mol. The number of pyridine rings is 2. The molecule has 9 heteroatoms. The third kappa shape index (κ3) is 3.72. The van der Waals surface area contributed by atoms with Crippen molar-refractivity contribution in [2.45, 2.75) is 26.8 Å². The van der Waals surface area contributed by atoms with Crippen LogP contribution in [-0.2, 0) is 4.74 Å². The van der Waals surface area contributed by atoms with E-state index in [0.29, 0.717) is 13.2 Å². The molecule has 0 aromatic carbocycles. The molecule has 1 atom stereocenters. The van der Waals surface area contributed by atoms with E-state index in [1.165, 1.54) is 0 Å². The minimum Gasteiger partial charge on any atom is -0.377 e. The molecule has 0 saturated carbocycles. The minimum absolute atomic E-state index is 0.268. The highest BCUT2D eigenvalue weighted by Crippen LogP contribution is 2.36. The fourth-order valence-corrected chi connectivity index (χ4v) is 5.55. The van der Waals surface area contributed by atoms with Crippen molar-refractivity contribution in [1.82, 2.24) is 24.1 Å². The number of fused-ring (bicyclic) bond motifs is 1. The Kier molecular flexibility index (Phi) is 5.65. The fourth-order valence-electron chi connectivity index (χ4n) is 4.28. The standard InChI is InChI=1S/C22H23IN6OS/c1-13-12-30-9-8-28(13)20-11-16(21-14(2)26-27-15(21)3)10-19(25-20)17-4-6-24-22-18(17)5-7-29(22)31-23/h4-7,10-11,13H,8-9,12H2,1-3H3,(H,26,27)/t13-/m1/s1. The number of aromatic nitrogens is 5. The van der Waals surface area contributed by atoms with E-state index in [1.807, 2.05) is 13.1 Å². The van der Waals surface area contributed by atoms with Gasteiger partial charge in [0.15, 0.2) is 5.65 Å². The number of nitrogens with zero attached hydrogens (tertiary/aromatic N) is 5. The molecule has 0 bridgehead atoms. The van der Waals surface area contributed by atoms with Gasteiger partial charge in [-0.3, -0.25) is 9.07 Å². The van der Waals surface area contributed by atoms with E-state index in [0.717, 1.165) is 57.2 Å². The minimum atomic E-state index is 0.268. The number of hydrogen-bond acceptors (Lipinski definition) is 6. The van der Waals surface area contributed by atoms with Crippen LogP contribution >= 0.6 is 30.3 Å². The van der Waals surface area contributed by atoms with Gasteiger partial charge in [0.25, 0.3) is 0 Å². The number of rotatable bonds is 4. The number of aryl methyl sites for hydroxylation is 2. The van der Waals surface area contributed by atoms with Crippen molar-refractivity contribution < 1.29 is 4.74 Å². The number of aromatic amines is 1. The van der Waals surface area contributed by atoms with Crippen LogP contribution in [-0.4, -0.2) is 49.9 Å². The van der Waals surface area contributed by atoms with Crippen molar-refractivity contribution in [3.63, 3.8) is 0 Å². The van der Waals surface area contributed by atoms with Crippen molar-refractivity contribution in [2.24, 2.45) is 0 Å². The summed E-state index contributed by atoms with van der Waals surface area (Å²) in [5, 5.41) is 8.64. The molecular formula is C22H23IN6OS. The van der Waals surface area contributed by atoms with Crippen molar-refractivity contribution in [2.75, 3.05) is 24.7 Å². The first kappa shape index (κ1) is 20.8. The Morgan fingerprint density at radius 3 is 2.87 bits per heavy atom. The summed E-state index contributed by atoms with van der Waals surface area (Å²) in [6.07, 6.45) is 3.91. The van der Waals surface area contributed by atoms with Gasteiger partial charge in [0.1, 0.15) is 5.82 Å². The maximum Gasteiger partial charge on any atom is 0.151 e. The molecule has 31 heavy (non-hydrogen) atoms. The Balaban J connectivity index is 1.73. The molecule has 1 fully saturated rings. The van der Waals surface area contributed by atoms with Crippen LogP contribution < -0.4 is 4.90 Å². The highest BCUT2D eigenvalue weighted by molar-refractivity contribution is 14.2. The van der Waals surface area contributed by atoms with Gasteiger partial charge in [-0.25, -0.2) is 9.97 Å². The topological polar surface area (TPSA) is 71.9 Å². The van der Waals surface area contributed by atoms with Crippen LogP contribution in [0.25, 0.3) is 33.4 Å². The molecule has 4 aromatic rings. The van der Waals surface area contributed by atoms with E-state index >= 15 is 0 Å². The second kappa shape index (κ2) is 8.44. The Bertz CT molecular complexity index is 1230. The first-order valence-electron chi connectivity index (χ1n) is 10.2. The van der Waals surface area contributed by atoms with E-state index in [1.54, 1.807) is 9.12 Å². The van der Waals surface area contributed by atoms with Crippen LogP contribution in [0.5, 0.6) is 0 Å². The molecule has 1 aliphatic heterocycles. The third-order valence-corrected chi connectivity index (χ3v) is 7.51. The van der Waals surface area contributed by atoms with Crippen LogP contribution in [0.3, 0.4) is 0 Å². The van der Waals surface area contributed by atoms with E-state index in [4.69, 9.17) is 9.72 Å². The average molecular weight is 546 g/mol. The second-order valence-electron chi connectivity index (χ2n) is 7.83. The van der Waals surface area contributed by atoms with Crippen molar-refractivity contribution in [3.8, 4) is 22.4 Å².